The molecule has 1 aliphatic rings. The number of hydrogen-bond donors (Lipinski definition) is 3. The molecule has 3 aromatic rings. The number of likely N-dealkylation sites (tertiary alicyclic amines) is 1. The Morgan fingerprint density at radius 1 is 1.24 bits per heavy atom. The van der Waals surface area contributed by atoms with Gasteiger partial charge in [-0.3, -0.25) is 9.89 Å². The molecule has 0 saturated carbocycles. The van der Waals surface area contributed by atoms with Crippen LogP contribution in [0.5, 0.6) is 0 Å². The zero-order valence-electron chi connectivity index (χ0n) is 21.0. The van der Waals surface area contributed by atoms with Crippen LogP contribution in [0.25, 0.3) is 11.3 Å². The van der Waals surface area contributed by atoms with Crippen LogP contribution in [-0.2, 0) is 11.2 Å². The minimum atomic E-state index is -0.679. The van der Waals surface area contributed by atoms with E-state index in [0.29, 0.717) is 31.5 Å². The zero-order valence-corrected chi connectivity index (χ0v) is 21.0. The van der Waals surface area contributed by atoms with Crippen LogP contribution in [0.15, 0.2) is 42.7 Å². The average Bonchev–Trinajstić information content (AvgIpc) is 3.32. The molecule has 1 atom stereocenters. The van der Waals surface area contributed by atoms with Crippen LogP contribution >= 0.6 is 0 Å². The Labute approximate surface area is 213 Å². The summed E-state index contributed by atoms with van der Waals surface area (Å²) in [6.45, 7) is 6.43. The smallest absolute Gasteiger partial charge is 0.410 e. The van der Waals surface area contributed by atoms with Gasteiger partial charge in [-0.05, 0) is 57.4 Å². The normalized spacial score (nSPS) is 15.2. The van der Waals surface area contributed by atoms with Crippen LogP contribution in [-0.4, -0.2) is 63.4 Å². The number of hydrogen-bond acceptors (Lipinski definition) is 6. The van der Waals surface area contributed by atoms with Gasteiger partial charge >= 0.3 is 6.09 Å². The minimum absolute atomic E-state index is 0.0205. The monoisotopic (exact) mass is 512 g/mol. The number of aromatic amines is 1. The molecule has 2 aromatic heterocycles. The van der Waals surface area contributed by atoms with Crippen molar-refractivity contribution in [2.45, 2.75) is 45.3 Å². The summed E-state index contributed by atoms with van der Waals surface area (Å²) in [6.07, 6.45) is 3.68. The minimum Gasteiger partial charge on any atom is -0.444 e. The van der Waals surface area contributed by atoms with E-state index in [9.17, 15) is 18.4 Å². The molecular formula is C26H30F2N6O3. The van der Waals surface area contributed by atoms with E-state index < -0.39 is 23.4 Å². The molecule has 11 heteroatoms. The molecule has 0 unspecified atom stereocenters. The molecule has 3 N–H and O–H groups in total. The van der Waals surface area contributed by atoms with E-state index in [0.717, 1.165) is 11.6 Å². The number of amides is 2. The van der Waals surface area contributed by atoms with E-state index in [1.165, 1.54) is 24.5 Å². The molecule has 2 amide bonds. The molecule has 4 rings (SSSR count). The van der Waals surface area contributed by atoms with Gasteiger partial charge in [0.1, 0.15) is 22.9 Å². The molecular weight excluding hydrogens is 482 g/mol. The number of nitrogens with one attached hydrogen (secondary N) is 3. The SMILES string of the molecule is CC(C)(C)OC(=O)N1CC[C@@H]1CNC(=O)c1cc(F)c(-c2cn[nH]c2)nc1NCCc1cccc(F)c1. The molecule has 0 aliphatic carbocycles. The van der Waals surface area contributed by atoms with Gasteiger partial charge in [0.25, 0.3) is 5.91 Å². The Hall–Kier alpha value is -4.02. The predicted molar refractivity (Wildman–Crippen MR) is 134 cm³/mol. The van der Waals surface area contributed by atoms with Crippen molar-refractivity contribution in [1.82, 2.24) is 25.4 Å². The first-order valence-electron chi connectivity index (χ1n) is 12.1. The highest BCUT2D eigenvalue weighted by molar-refractivity contribution is 5.99. The summed E-state index contributed by atoms with van der Waals surface area (Å²) in [6, 6.07) is 7.12. The first-order chi connectivity index (χ1) is 17.6. The molecule has 1 saturated heterocycles. The van der Waals surface area contributed by atoms with Crippen LogP contribution in [0.2, 0.25) is 0 Å². The summed E-state index contributed by atoms with van der Waals surface area (Å²) in [5.74, 6) is -1.36. The Bertz CT molecular complexity index is 1260. The highest BCUT2D eigenvalue weighted by Crippen LogP contribution is 2.26. The van der Waals surface area contributed by atoms with Crippen molar-refractivity contribution in [3.63, 3.8) is 0 Å². The van der Waals surface area contributed by atoms with E-state index in [1.54, 1.807) is 37.8 Å². The molecule has 1 aliphatic heterocycles. The first-order valence-corrected chi connectivity index (χ1v) is 12.1. The van der Waals surface area contributed by atoms with Crippen molar-refractivity contribution < 1.29 is 23.1 Å². The van der Waals surface area contributed by atoms with Gasteiger partial charge in [-0.25, -0.2) is 18.6 Å². The van der Waals surface area contributed by atoms with Crippen molar-refractivity contribution >= 4 is 17.8 Å². The van der Waals surface area contributed by atoms with Gasteiger partial charge in [-0.15, -0.1) is 0 Å². The molecule has 3 heterocycles. The lowest BCUT2D eigenvalue weighted by molar-refractivity contribution is -0.00488. The second-order valence-electron chi connectivity index (χ2n) is 9.83. The van der Waals surface area contributed by atoms with Crippen LogP contribution in [0, 0.1) is 11.6 Å². The van der Waals surface area contributed by atoms with Crippen molar-refractivity contribution in [2.24, 2.45) is 0 Å². The summed E-state index contributed by atoms with van der Waals surface area (Å²) in [4.78, 5) is 31.4. The summed E-state index contributed by atoms with van der Waals surface area (Å²) in [7, 11) is 0. The van der Waals surface area contributed by atoms with Crippen molar-refractivity contribution in [2.75, 3.05) is 25.0 Å². The number of rotatable bonds is 8. The predicted octanol–water partition coefficient (Wildman–Crippen LogP) is 4.14. The number of carbonyl (C=O) groups is 2. The summed E-state index contributed by atoms with van der Waals surface area (Å²) >= 11 is 0. The number of aromatic nitrogens is 3. The van der Waals surface area contributed by atoms with Gasteiger partial charge < -0.3 is 20.3 Å². The van der Waals surface area contributed by atoms with E-state index in [1.807, 2.05) is 0 Å². The number of carbonyl (C=O) groups excluding carboxylic acids is 2. The van der Waals surface area contributed by atoms with Crippen LogP contribution < -0.4 is 10.6 Å². The third-order valence-corrected chi connectivity index (χ3v) is 5.86. The molecule has 196 valence electrons. The lowest BCUT2D eigenvalue weighted by atomic mass is 10.0. The third-order valence-electron chi connectivity index (χ3n) is 5.86. The van der Waals surface area contributed by atoms with E-state index in [-0.39, 0.29) is 35.5 Å². The second-order valence-corrected chi connectivity index (χ2v) is 9.83. The highest BCUT2D eigenvalue weighted by atomic mass is 19.1. The fourth-order valence-corrected chi connectivity index (χ4v) is 3.92. The lowest BCUT2D eigenvalue weighted by Crippen LogP contribution is -2.57. The van der Waals surface area contributed by atoms with E-state index in [4.69, 9.17) is 4.74 Å². The van der Waals surface area contributed by atoms with E-state index in [2.05, 4.69) is 25.8 Å². The molecule has 1 fully saturated rings. The maximum atomic E-state index is 15.0. The van der Waals surface area contributed by atoms with Gasteiger partial charge in [0.15, 0.2) is 5.82 Å². The number of halogens is 2. The molecule has 0 radical (unpaired) electrons. The molecule has 1 aromatic carbocycles. The number of benzene rings is 1. The Balaban J connectivity index is 1.47. The van der Waals surface area contributed by atoms with Gasteiger partial charge in [0.05, 0.1) is 17.8 Å². The quantitative estimate of drug-likeness (QED) is 0.418. The van der Waals surface area contributed by atoms with Gasteiger partial charge in [0, 0.05) is 31.4 Å². The number of H-pyrrole nitrogens is 1. The molecule has 0 spiro atoms. The Morgan fingerprint density at radius 3 is 2.70 bits per heavy atom. The van der Waals surface area contributed by atoms with Crippen molar-refractivity contribution in [3.05, 3.63) is 65.5 Å². The number of ether oxygens (including phenoxy) is 1. The molecule has 37 heavy (non-hydrogen) atoms. The fraction of sp³-hybridized carbons (Fsp3) is 0.385. The van der Waals surface area contributed by atoms with Crippen LogP contribution in [0.4, 0.5) is 19.4 Å². The maximum absolute atomic E-state index is 15.0. The number of anilines is 1. The van der Waals surface area contributed by atoms with Crippen LogP contribution in [0.3, 0.4) is 0 Å². The fourth-order valence-electron chi connectivity index (χ4n) is 3.92. The standard InChI is InChI=1S/C26H30F2N6O3/c1-26(2,3)37-25(36)34-10-8-19(34)15-30-24(35)20-12-21(28)22(17-13-31-32-14-17)33-23(20)29-9-7-16-5-4-6-18(27)11-16/h4-6,11-14,19H,7-10,15H2,1-3H3,(H,29,33)(H,30,35)(H,31,32)/t19-/m1/s1. The summed E-state index contributed by atoms with van der Waals surface area (Å²) in [5.41, 5.74) is 0.635. The van der Waals surface area contributed by atoms with Gasteiger partial charge in [-0.1, -0.05) is 12.1 Å². The van der Waals surface area contributed by atoms with E-state index >= 15 is 0 Å². The average molecular weight is 513 g/mol. The van der Waals surface area contributed by atoms with Gasteiger partial charge in [0.2, 0.25) is 0 Å². The highest BCUT2D eigenvalue weighted by Gasteiger charge is 2.35. The number of nitrogens with zero attached hydrogens (tertiary/aromatic N) is 3. The second kappa shape index (κ2) is 10.9. The lowest BCUT2D eigenvalue weighted by Gasteiger charge is -2.41. The topological polar surface area (TPSA) is 112 Å². The van der Waals surface area contributed by atoms with Crippen molar-refractivity contribution in [3.8, 4) is 11.3 Å². The molecule has 0 bridgehead atoms. The third kappa shape index (κ3) is 6.60. The Morgan fingerprint density at radius 2 is 2.05 bits per heavy atom. The van der Waals surface area contributed by atoms with Crippen LogP contribution in [0.1, 0.15) is 43.1 Å². The maximum Gasteiger partial charge on any atom is 0.410 e. The first kappa shape index (κ1) is 26.1. The van der Waals surface area contributed by atoms with Crippen molar-refractivity contribution in [1.29, 1.82) is 0 Å². The zero-order chi connectivity index (χ0) is 26.6. The molecule has 9 nitrogen and oxygen atoms in total. The number of pyridine rings is 1. The summed E-state index contributed by atoms with van der Waals surface area (Å²) < 4.78 is 33.9. The summed E-state index contributed by atoms with van der Waals surface area (Å²) in [5, 5.41) is 12.3. The Kier molecular flexibility index (Phi) is 7.70. The van der Waals surface area contributed by atoms with Gasteiger partial charge in [-0.2, -0.15) is 5.10 Å². The largest absolute Gasteiger partial charge is 0.444 e.